The van der Waals surface area contributed by atoms with Crippen LogP contribution in [0.3, 0.4) is 0 Å². The molecule has 0 aliphatic rings. The second-order valence-electron chi connectivity index (χ2n) is 5.26. The highest BCUT2D eigenvalue weighted by Crippen LogP contribution is 2.16. The molecule has 5 nitrogen and oxygen atoms in total. The summed E-state index contributed by atoms with van der Waals surface area (Å²) in [6.45, 7) is 7.39. The summed E-state index contributed by atoms with van der Waals surface area (Å²) in [5.74, 6) is 0.331. The third-order valence-electron chi connectivity index (χ3n) is 3.33. The fraction of sp³-hybridized carbons (Fsp3) is 0.312. The van der Waals surface area contributed by atoms with Crippen LogP contribution in [0.25, 0.3) is 0 Å². The van der Waals surface area contributed by atoms with Crippen molar-refractivity contribution in [2.45, 2.75) is 34.1 Å². The van der Waals surface area contributed by atoms with Gasteiger partial charge in [-0.25, -0.2) is 4.98 Å². The molecule has 0 aliphatic carbocycles. The van der Waals surface area contributed by atoms with Crippen LogP contribution in [0, 0.1) is 27.7 Å². The molecule has 1 heterocycles. The first-order valence-corrected chi connectivity index (χ1v) is 6.80. The van der Waals surface area contributed by atoms with Gasteiger partial charge < -0.3 is 10.3 Å². The quantitative estimate of drug-likeness (QED) is 0.907. The molecule has 0 radical (unpaired) electrons. The number of aryl methyl sites for hydroxylation is 4. The van der Waals surface area contributed by atoms with E-state index >= 15 is 0 Å². The Labute approximate surface area is 123 Å². The topological polar surface area (TPSA) is 74.8 Å². The van der Waals surface area contributed by atoms with Gasteiger partial charge in [0.25, 0.3) is 5.56 Å². The molecule has 110 valence electrons. The van der Waals surface area contributed by atoms with Gasteiger partial charge in [0.05, 0.1) is 6.42 Å². The highest BCUT2D eigenvalue weighted by atomic mass is 16.2. The van der Waals surface area contributed by atoms with E-state index in [0.29, 0.717) is 17.1 Å². The number of anilines is 1. The number of hydrogen-bond donors (Lipinski definition) is 2. The molecule has 1 amide bonds. The SMILES string of the molecule is Cc1ccc(NC(=O)Cc2c(C)nc(C)[nH]c2=O)c(C)c1. The van der Waals surface area contributed by atoms with E-state index < -0.39 is 0 Å². The molecule has 2 N–H and O–H groups in total. The molecular formula is C16H19N3O2. The van der Waals surface area contributed by atoms with Gasteiger partial charge in [0.1, 0.15) is 5.82 Å². The Morgan fingerprint density at radius 2 is 1.95 bits per heavy atom. The van der Waals surface area contributed by atoms with Crippen LogP contribution in [0.4, 0.5) is 5.69 Å². The summed E-state index contributed by atoms with van der Waals surface area (Å²) in [7, 11) is 0. The summed E-state index contributed by atoms with van der Waals surface area (Å²) < 4.78 is 0. The fourth-order valence-electron chi connectivity index (χ4n) is 2.27. The number of amides is 1. The summed E-state index contributed by atoms with van der Waals surface area (Å²) in [6, 6.07) is 5.81. The van der Waals surface area contributed by atoms with Crippen LogP contribution >= 0.6 is 0 Å². The van der Waals surface area contributed by atoms with Crippen molar-refractivity contribution in [1.29, 1.82) is 0 Å². The van der Waals surface area contributed by atoms with Crippen LogP contribution in [0.2, 0.25) is 0 Å². The van der Waals surface area contributed by atoms with E-state index in [9.17, 15) is 9.59 Å². The molecule has 21 heavy (non-hydrogen) atoms. The lowest BCUT2D eigenvalue weighted by Gasteiger charge is -2.10. The maximum Gasteiger partial charge on any atom is 0.254 e. The molecule has 0 fully saturated rings. The monoisotopic (exact) mass is 285 g/mol. The van der Waals surface area contributed by atoms with Gasteiger partial charge in [0.15, 0.2) is 0 Å². The summed E-state index contributed by atoms with van der Waals surface area (Å²) in [4.78, 5) is 30.8. The lowest BCUT2D eigenvalue weighted by atomic mass is 10.1. The zero-order valence-electron chi connectivity index (χ0n) is 12.7. The van der Waals surface area contributed by atoms with Crippen molar-refractivity contribution >= 4 is 11.6 Å². The van der Waals surface area contributed by atoms with E-state index in [-0.39, 0.29) is 17.9 Å². The highest BCUT2D eigenvalue weighted by Gasteiger charge is 2.12. The summed E-state index contributed by atoms with van der Waals surface area (Å²) in [5.41, 5.74) is 3.64. The van der Waals surface area contributed by atoms with E-state index in [2.05, 4.69) is 15.3 Å². The number of carbonyl (C=O) groups excluding carboxylic acids is 1. The van der Waals surface area contributed by atoms with Crippen LogP contribution in [0.5, 0.6) is 0 Å². The average molecular weight is 285 g/mol. The van der Waals surface area contributed by atoms with Crippen molar-refractivity contribution < 1.29 is 4.79 Å². The summed E-state index contributed by atoms with van der Waals surface area (Å²) >= 11 is 0. The van der Waals surface area contributed by atoms with Gasteiger partial charge in [-0.15, -0.1) is 0 Å². The van der Waals surface area contributed by atoms with E-state index in [1.165, 1.54) is 0 Å². The molecule has 2 aromatic rings. The number of H-pyrrole nitrogens is 1. The van der Waals surface area contributed by atoms with Gasteiger partial charge in [0.2, 0.25) is 5.91 Å². The Bertz CT molecular complexity index is 748. The minimum absolute atomic E-state index is 0.0156. The minimum atomic E-state index is -0.254. The zero-order chi connectivity index (χ0) is 15.6. The van der Waals surface area contributed by atoms with Gasteiger partial charge >= 0.3 is 0 Å². The maximum absolute atomic E-state index is 12.1. The molecule has 0 aliphatic heterocycles. The third kappa shape index (κ3) is 3.56. The van der Waals surface area contributed by atoms with Crippen molar-refractivity contribution in [3.8, 4) is 0 Å². The molecule has 0 saturated carbocycles. The smallest absolute Gasteiger partial charge is 0.254 e. The van der Waals surface area contributed by atoms with Crippen LogP contribution < -0.4 is 10.9 Å². The van der Waals surface area contributed by atoms with Crippen molar-refractivity contribution in [3.63, 3.8) is 0 Å². The van der Waals surface area contributed by atoms with E-state index in [1.807, 2.05) is 32.0 Å². The third-order valence-corrected chi connectivity index (χ3v) is 3.33. The minimum Gasteiger partial charge on any atom is -0.326 e. The summed E-state index contributed by atoms with van der Waals surface area (Å²) in [5, 5.41) is 2.84. The zero-order valence-corrected chi connectivity index (χ0v) is 12.7. The predicted molar refractivity (Wildman–Crippen MR) is 82.6 cm³/mol. The Morgan fingerprint density at radius 1 is 1.24 bits per heavy atom. The largest absolute Gasteiger partial charge is 0.326 e. The van der Waals surface area contributed by atoms with Crippen molar-refractivity contribution in [2.75, 3.05) is 5.32 Å². The lowest BCUT2D eigenvalue weighted by molar-refractivity contribution is -0.115. The van der Waals surface area contributed by atoms with Crippen molar-refractivity contribution in [1.82, 2.24) is 9.97 Å². The number of rotatable bonds is 3. The van der Waals surface area contributed by atoms with Crippen LogP contribution in [-0.2, 0) is 11.2 Å². The first-order valence-electron chi connectivity index (χ1n) is 6.80. The Hall–Kier alpha value is -2.43. The standard InChI is InChI=1S/C16H19N3O2/c1-9-5-6-14(10(2)7-9)19-15(20)8-13-11(3)17-12(4)18-16(13)21/h5-7H,8H2,1-4H3,(H,19,20)(H,17,18,21). The van der Waals surface area contributed by atoms with Gasteiger partial charge in [0, 0.05) is 16.9 Å². The van der Waals surface area contributed by atoms with Crippen LogP contribution in [0.1, 0.15) is 28.2 Å². The lowest BCUT2D eigenvalue weighted by Crippen LogP contribution is -2.24. The molecule has 1 aromatic carbocycles. The predicted octanol–water partition coefficient (Wildman–Crippen LogP) is 2.18. The molecule has 0 spiro atoms. The first kappa shape index (κ1) is 15.0. The number of aromatic amines is 1. The number of benzene rings is 1. The maximum atomic E-state index is 12.1. The Morgan fingerprint density at radius 3 is 2.57 bits per heavy atom. The molecule has 0 atom stereocenters. The van der Waals surface area contributed by atoms with E-state index in [4.69, 9.17) is 0 Å². The normalized spacial score (nSPS) is 10.5. The second-order valence-corrected chi connectivity index (χ2v) is 5.26. The van der Waals surface area contributed by atoms with E-state index in [1.54, 1.807) is 13.8 Å². The van der Waals surface area contributed by atoms with Gasteiger partial charge in [-0.2, -0.15) is 0 Å². The Kier molecular flexibility index (Phi) is 4.21. The number of nitrogens with one attached hydrogen (secondary N) is 2. The van der Waals surface area contributed by atoms with E-state index in [0.717, 1.165) is 16.8 Å². The number of nitrogens with zero attached hydrogens (tertiary/aromatic N) is 1. The molecule has 5 heteroatoms. The molecule has 0 saturated heterocycles. The van der Waals surface area contributed by atoms with Gasteiger partial charge in [-0.3, -0.25) is 9.59 Å². The number of aromatic nitrogens is 2. The van der Waals surface area contributed by atoms with Gasteiger partial charge in [-0.1, -0.05) is 17.7 Å². The number of hydrogen-bond acceptors (Lipinski definition) is 3. The second kappa shape index (κ2) is 5.91. The molecule has 1 aromatic heterocycles. The molecular weight excluding hydrogens is 266 g/mol. The molecule has 0 bridgehead atoms. The van der Waals surface area contributed by atoms with Crippen molar-refractivity contribution in [2.24, 2.45) is 0 Å². The molecule has 0 unspecified atom stereocenters. The summed E-state index contributed by atoms with van der Waals surface area (Å²) in [6.07, 6.45) is 0.0156. The fourth-order valence-corrected chi connectivity index (χ4v) is 2.27. The van der Waals surface area contributed by atoms with Crippen molar-refractivity contribution in [3.05, 3.63) is 56.8 Å². The molecule has 2 rings (SSSR count). The Balaban J connectivity index is 2.18. The average Bonchev–Trinajstić information content (AvgIpc) is 2.37. The van der Waals surface area contributed by atoms with Crippen LogP contribution in [0.15, 0.2) is 23.0 Å². The van der Waals surface area contributed by atoms with Crippen LogP contribution in [-0.4, -0.2) is 15.9 Å². The van der Waals surface area contributed by atoms with Gasteiger partial charge in [-0.05, 0) is 39.3 Å². The highest BCUT2D eigenvalue weighted by molar-refractivity contribution is 5.93. The number of carbonyl (C=O) groups is 1. The first-order chi connectivity index (χ1) is 9.86.